The fourth-order valence-corrected chi connectivity index (χ4v) is 4.86. The van der Waals surface area contributed by atoms with E-state index in [2.05, 4.69) is 20.1 Å². The predicted molar refractivity (Wildman–Crippen MR) is 130 cm³/mol. The lowest BCUT2D eigenvalue weighted by molar-refractivity contribution is 0.598. The van der Waals surface area contributed by atoms with Crippen molar-refractivity contribution in [3.63, 3.8) is 0 Å². The van der Waals surface area contributed by atoms with Crippen LogP contribution in [-0.4, -0.2) is 23.2 Å². The number of nitrogens with zero attached hydrogens (tertiary/aromatic N) is 3. The molecule has 9 heteroatoms. The highest BCUT2D eigenvalue weighted by Crippen LogP contribution is 2.36. The first-order valence-electron chi connectivity index (χ1n) is 10.3. The molecular weight excluding hydrogens is 458 g/mol. The summed E-state index contributed by atoms with van der Waals surface area (Å²) in [4.78, 5) is 4.56. The van der Waals surface area contributed by atoms with Gasteiger partial charge in [0.25, 0.3) is 16.0 Å². The standard InChI is InChI=1S/C24H20ClN5O2S/c1-16-11-13-17(14-12-16)21-15-22(19-9-5-6-10-20(19)25)30-24(26-21)27-23(28-30)29-33(31,32)18-7-3-2-4-8-18/h2-15,22H,1H3,(H2,26,27,28,29)/t22-/m0/s1. The molecule has 4 aromatic rings. The Morgan fingerprint density at radius 2 is 1.67 bits per heavy atom. The van der Waals surface area contributed by atoms with Crippen molar-refractivity contribution in [2.24, 2.45) is 0 Å². The summed E-state index contributed by atoms with van der Waals surface area (Å²) in [5.74, 6) is 0.376. The lowest BCUT2D eigenvalue weighted by atomic mass is 10.0. The minimum absolute atomic E-state index is 0.0306. The van der Waals surface area contributed by atoms with Crippen LogP contribution in [0.1, 0.15) is 22.7 Å². The van der Waals surface area contributed by atoms with E-state index in [-0.39, 0.29) is 16.9 Å². The van der Waals surface area contributed by atoms with Gasteiger partial charge in [0.15, 0.2) is 0 Å². The number of aryl methyl sites for hydroxylation is 1. The normalized spacial score (nSPS) is 15.3. The van der Waals surface area contributed by atoms with Gasteiger partial charge in [-0.25, -0.2) is 17.8 Å². The molecule has 0 amide bonds. The molecule has 0 spiro atoms. The Balaban J connectivity index is 1.56. The highest BCUT2D eigenvalue weighted by Gasteiger charge is 2.28. The monoisotopic (exact) mass is 477 g/mol. The van der Waals surface area contributed by atoms with Gasteiger partial charge in [0.05, 0.1) is 4.90 Å². The third-order valence-electron chi connectivity index (χ3n) is 5.33. The minimum atomic E-state index is -3.83. The third kappa shape index (κ3) is 4.22. The minimum Gasteiger partial charge on any atom is -0.324 e. The second-order valence-electron chi connectivity index (χ2n) is 7.66. The summed E-state index contributed by atoms with van der Waals surface area (Å²) >= 11 is 6.51. The Kier molecular flexibility index (Phi) is 5.39. The van der Waals surface area contributed by atoms with Gasteiger partial charge in [-0.15, -0.1) is 5.10 Å². The van der Waals surface area contributed by atoms with E-state index in [1.807, 2.05) is 61.5 Å². The van der Waals surface area contributed by atoms with E-state index in [4.69, 9.17) is 11.6 Å². The van der Waals surface area contributed by atoms with Gasteiger partial charge in [-0.2, -0.15) is 4.98 Å². The third-order valence-corrected chi connectivity index (χ3v) is 7.02. The fourth-order valence-electron chi connectivity index (χ4n) is 3.65. The maximum atomic E-state index is 12.8. The smallest absolute Gasteiger partial charge is 0.264 e. The molecule has 0 saturated carbocycles. The zero-order chi connectivity index (χ0) is 23.0. The molecule has 33 heavy (non-hydrogen) atoms. The molecule has 1 atom stereocenters. The number of hydrogen-bond acceptors (Lipinski definition) is 5. The van der Waals surface area contributed by atoms with Crippen LogP contribution in [0.3, 0.4) is 0 Å². The van der Waals surface area contributed by atoms with Gasteiger partial charge in [0.1, 0.15) is 6.04 Å². The summed E-state index contributed by atoms with van der Waals surface area (Å²) in [6.45, 7) is 2.03. The van der Waals surface area contributed by atoms with Gasteiger partial charge < -0.3 is 5.32 Å². The van der Waals surface area contributed by atoms with Crippen LogP contribution in [0.15, 0.2) is 89.8 Å². The van der Waals surface area contributed by atoms with Crippen molar-refractivity contribution >= 4 is 39.2 Å². The number of nitrogens with one attached hydrogen (secondary N) is 2. The second kappa shape index (κ2) is 8.38. The first-order valence-corrected chi connectivity index (χ1v) is 12.1. The average molecular weight is 478 g/mol. The Bertz CT molecular complexity index is 1450. The van der Waals surface area contributed by atoms with Crippen LogP contribution in [-0.2, 0) is 10.0 Å². The SMILES string of the molecule is Cc1ccc(C2=C[C@@H](c3ccccc3Cl)n3nc(NS(=O)(=O)c4ccccc4)nc3N2)cc1. The summed E-state index contributed by atoms with van der Waals surface area (Å²) < 4.78 is 29.7. The van der Waals surface area contributed by atoms with E-state index in [0.717, 1.165) is 22.4 Å². The molecule has 2 N–H and O–H groups in total. The Morgan fingerprint density at radius 1 is 0.970 bits per heavy atom. The van der Waals surface area contributed by atoms with Gasteiger partial charge >= 0.3 is 0 Å². The molecule has 0 saturated heterocycles. The zero-order valence-corrected chi connectivity index (χ0v) is 19.2. The van der Waals surface area contributed by atoms with Crippen molar-refractivity contribution in [2.75, 3.05) is 10.0 Å². The first kappa shape index (κ1) is 21.2. The van der Waals surface area contributed by atoms with E-state index in [9.17, 15) is 8.42 Å². The van der Waals surface area contributed by atoms with Crippen LogP contribution in [0.25, 0.3) is 5.70 Å². The number of sulfonamides is 1. The second-order valence-corrected chi connectivity index (χ2v) is 9.75. The highest BCUT2D eigenvalue weighted by atomic mass is 35.5. The van der Waals surface area contributed by atoms with Crippen molar-refractivity contribution in [1.82, 2.24) is 14.8 Å². The van der Waals surface area contributed by atoms with Gasteiger partial charge in [0.2, 0.25) is 5.95 Å². The molecule has 1 aromatic heterocycles. The van der Waals surface area contributed by atoms with Crippen LogP contribution in [0.2, 0.25) is 5.02 Å². The molecule has 0 fully saturated rings. The fraction of sp³-hybridized carbons (Fsp3) is 0.0833. The molecule has 7 nitrogen and oxygen atoms in total. The largest absolute Gasteiger partial charge is 0.324 e. The van der Waals surface area contributed by atoms with Crippen molar-refractivity contribution in [3.05, 3.63) is 107 Å². The maximum Gasteiger partial charge on any atom is 0.264 e. The van der Waals surface area contributed by atoms with Crippen LogP contribution in [0.5, 0.6) is 0 Å². The van der Waals surface area contributed by atoms with E-state index in [1.54, 1.807) is 22.9 Å². The van der Waals surface area contributed by atoms with Gasteiger partial charge in [-0.3, -0.25) is 0 Å². The number of fused-ring (bicyclic) bond motifs is 1. The zero-order valence-electron chi connectivity index (χ0n) is 17.6. The molecule has 1 aliphatic rings. The lowest BCUT2D eigenvalue weighted by Gasteiger charge is -2.25. The topological polar surface area (TPSA) is 88.9 Å². The molecule has 0 bridgehead atoms. The number of anilines is 2. The van der Waals surface area contributed by atoms with Crippen molar-refractivity contribution in [1.29, 1.82) is 0 Å². The molecule has 0 radical (unpaired) electrons. The Labute approximate surface area is 196 Å². The maximum absolute atomic E-state index is 12.8. The van der Waals surface area contributed by atoms with E-state index >= 15 is 0 Å². The number of hydrogen-bond donors (Lipinski definition) is 2. The van der Waals surface area contributed by atoms with E-state index < -0.39 is 10.0 Å². The van der Waals surface area contributed by atoms with Crippen LogP contribution >= 0.6 is 11.6 Å². The molecule has 0 aliphatic carbocycles. The molecule has 0 unspecified atom stereocenters. The molecule has 3 aromatic carbocycles. The summed E-state index contributed by atoms with van der Waals surface area (Å²) in [6, 6.07) is 23.3. The van der Waals surface area contributed by atoms with Crippen molar-refractivity contribution in [3.8, 4) is 0 Å². The molecule has 2 heterocycles. The number of rotatable bonds is 5. The molecule has 5 rings (SSSR count). The highest BCUT2D eigenvalue weighted by molar-refractivity contribution is 7.92. The van der Waals surface area contributed by atoms with Gasteiger partial charge in [-0.1, -0.05) is 77.8 Å². The molecular formula is C24H20ClN5O2S. The Morgan fingerprint density at radius 3 is 2.39 bits per heavy atom. The number of allylic oxidation sites excluding steroid dienone is 1. The number of aromatic nitrogens is 3. The van der Waals surface area contributed by atoms with E-state index in [1.165, 1.54) is 12.1 Å². The number of benzene rings is 3. The Hall–Kier alpha value is -3.62. The summed E-state index contributed by atoms with van der Waals surface area (Å²) in [7, 11) is -3.83. The quantitative estimate of drug-likeness (QED) is 0.417. The van der Waals surface area contributed by atoms with E-state index in [0.29, 0.717) is 11.0 Å². The van der Waals surface area contributed by atoms with Crippen LogP contribution < -0.4 is 10.0 Å². The van der Waals surface area contributed by atoms with Gasteiger partial charge in [-0.05, 0) is 42.3 Å². The van der Waals surface area contributed by atoms with Crippen molar-refractivity contribution < 1.29 is 8.42 Å². The first-order chi connectivity index (χ1) is 15.9. The van der Waals surface area contributed by atoms with Crippen LogP contribution in [0.4, 0.5) is 11.9 Å². The molecule has 1 aliphatic heterocycles. The van der Waals surface area contributed by atoms with Crippen molar-refractivity contribution in [2.45, 2.75) is 17.9 Å². The molecule has 166 valence electrons. The average Bonchev–Trinajstić information content (AvgIpc) is 3.21. The summed E-state index contributed by atoms with van der Waals surface area (Å²) in [5.41, 5.74) is 3.78. The predicted octanol–water partition coefficient (Wildman–Crippen LogP) is 5.10. The van der Waals surface area contributed by atoms with Gasteiger partial charge in [0, 0.05) is 10.7 Å². The lowest BCUT2D eigenvalue weighted by Crippen LogP contribution is -2.20. The number of halogens is 1. The summed E-state index contributed by atoms with van der Waals surface area (Å²) in [5, 5.41) is 8.30. The van der Waals surface area contributed by atoms with Crippen LogP contribution in [0, 0.1) is 6.92 Å². The summed E-state index contributed by atoms with van der Waals surface area (Å²) in [6.07, 6.45) is 2.00.